The van der Waals surface area contributed by atoms with Crippen LogP contribution >= 0.6 is 0 Å². The largest absolute Gasteiger partial charge is 0.494 e. The number of aryl methyl sites for hydroxylation is 1. The minimum atomic E-state index is -0.272. The van der Waals surface area contributed by atoms with Gasteiger partial charge in [0.1, 0.15) is 18.1 Å². The van der Waals surface area contributed by atoms with Crippen LogP contribution in [0.4, 0.5) is 0 Å². The van der Waals surface area contributed by atoms with Crippen LogP contribution in [0.5, 0.6) is 11.5 Å². The molecule has 0 aromatic heterocycles. The molecular weight excluding hydrogens is 376 g/mol. The van der Waals surface area contributed by atoms with Crippen LogP contribution in [0.3, 0.4) is 0 Å². The van der Waals surface area contributed by atoms with Gasteiger partial charge in [0.15, 0.2) is 0 Å². The number of ether oxygens (including phenoxy) is 2. The fraction of sp³-hybridized carbons (Fsp3) is 0.200. The van der Waals surface area contributed by atoms with E-state index in [0.717, 1.165) is 29.0 Å². The monoisotopic (exact) mass is 402 g/mol. The van der Waals surface area contributed by atoms with Crippen LogP contribution in [0.2, 0.25) is 0 Å². The molecule has 0 saturated carbocycles. The van der Waals surface area contributed by atoms with E-state index in [9.17, 15) is 4.79 Å². The summed E-state index contributed by atoms with van der Waals surface area (Å²) in [6.07, 6.45) is 2.54. The molecule has 5 heteroatoms. The van der Waals surface area contributed by atoms with Crippen molar-refractivity contribution < 1.29 is 14.3 Å². The maximum Gasteiger partial charge on any atom is 0.271 e. The number of benzene rings is 3. The molecule has 0 spiro atoms. The normalized spacial score (nSPS) is 10.7. The smallest absolute Gasteiger partial charge is 0.271 e. The highest BCUT2D eigenvalue weighted by Crippen LogP contribution is 2.14. The average Bonchev–Trinajstić information content (AvgIpc) is 2.78. The van der Waals surface area contributed by atoms with Gasteiger partial charge < -0.3 is 9.47 Å². The van der Waals surface area contributed by atoms with E-state index in [1.807, 2.05) is 31.2 Å². The molecular formula is C25H26N2O3. The number of amides is 1. The fourth-order valence-corrected chi connectivity index (χ4v) is 2.65. The zero-order valence-corrected chi connectivity index (χ0v) is 17.3. The minimum absolute atomic E-state index is 0.272. The Balaban J connectivity index is 1.47. The zero-order valence-electron chi connectivity index (χ0n) is 17.3. The third kappa shape index (κ3) is 6.48. The summed E-state index contributed by atoms with van der Waals surface area (Å²) >= 11 is 0. The maximum absolute atomic E-state index is 12.2. The molecule has 3 aromatic carbocycles. The van der Waals surface area contributed by atoms with Crippen molar-refractivity contribution >= 4 is 12.1 Å². The Morgan fingerprint density at radius 1 is 0.900 bits per heavy atom. The molecule has 0 aliphatic carbocycles. The van der Waals surface area contributed by atoms with E-state index < -0.39 is 0 Å². The highest BCUT2D eigenvalue weighted by molar-refractivity contribution is 5.95. The van der Waals surface area contributed by atoms with E-state index in [0.29, 0.717) is 18.8 Å². The molecule has 0 aliphatic heterocycles. The molecule has 3 aromatic rings. The topological polar surface area (TPSA) is 59.9 Å². The second kappa shape index (κ2) is 10.8. The van der Waals surface area contributed by atoms with Gasteiger partial charge in [0.25, 0.3) is 5.91 Å². The summed E-state index contributed by atoms with van der Waals surface area (Å²) in [5.74, 6) is 1.26. The lowest BCUT2D eigenvalue weighted by atomic mass is 10.2. The van der Waals surface area contributed by atoms with Crippen LogP contribution < -0.4 is 14.9 Å². The lowest BCUT2D eigenvalue weighted by Crippen LogP contribution is -2.17. The first-order valence-corrected chi connectivity index (χ1v) is 9.98. The maximum atomic E-state index is 12.2. The zero-order chi connectivity index (χ0) is 21.2. The van der Waals surface area contributed by atoms with Crippen LogP contribution in [0, 0.1) is 6.92 Å². The molecule has 154 valence electrons. The molecule has 0 aliphatic rings. The Morgan fingerprint density at radius 2 is 1.53 bits per heavy atom. The molecule has 1 amide bonds. The minimum Gasteiger partial charge on any atom is -0.494 e. The lowest BCUT2D eigenvalue weighted by Gasteiger charge is -2.07. The molecule has 0 bridgehead atoms. The van der Waals surface area contributed by atoms with Gasteiger partial charge in [-0.05, 0) is 73.0 Å². The third-order valence-corrected chi connectivity index (χ3v) is 4.38. The number of hydrogen-bond acceptors (Lipinski definition) is 4. The van der Waals surface area contributed by atoms with Gasteiger partial charge in [-0.25, -0.2) is 5.43 Å². The number of carbonyl (C=O) groups is 1. The standard InChI is InChI=1S/C25H26N2O3/c1-3-16-29-23-14-10-22(11-15-23)25(28)27-26-17-20-8-12-24(13-9-20)30-18-21-6-4-19(2)5-7-21/h4-15,17H,3,16,18H2,1-2H3,(H,27,28)/b26-17+. The van der Waals surface area contributed by atoms with Crippen molar-refractivity contribution in [1.82, 2.24) is 5.43 Å². The van der Waals surface area contributed by atoms with Crippen LogP contribution in [0.15, 0.2) is 77.9 Å². The predicted molar refractivity (Wildman–Crippen MR) is 119 cm³/mol. The number of nitrogens with zero attached hydrogens (tertiary/aromatic N) is 1. The summed E-state index contributed by atoms with van der Waals surface area (Å²) in [5.41, 5.74) is 6.27. The quantitative estimate of drug-likeness (QED) is 0.399. The molecule has 1 N–H and O–H groups in total. The summed E-state index contributed by atoms with van der Waals surface area (Å²) in [4.78, 5) is 12.2. The SMILES string of the molecule is CCCOc1ccc(C(=O)N/N=C/c2ccc(OCc3ccc(C)cc3)cc2)cc1. The Hall–Kier alpha value is -3.60. The van der Waals surface area contributed by atoms with Crippen molar-refractivity contribution in [3.63, 3.8) is 0 Å². The summed E-state index contributed by atoms with van der Waals surface area (Å²) < 4.78 is 11.3. The molecule has 0 atom stereocenters. The fourth-order valence-electron chi connectivity index (χ4n) is 2.65. The second-order valence-corrected chi connectivity index (χ2v) is 6.92. The highest BCUT2D eigenvalue weighted by Gasteiger charge is 2.04. The Bertz CT molecular complexity index is 963. The number of carbonyl (C=O) groups excluding carboxylic acids is 1. The molecule has 5 nitrogen and oxygen atoms in total. The van der Waals surface area contributed by atoms with E-state index in [1.165, 1.54) is 5.56 Å². The summed E-state index contributed by atoms with van der Waals surface area (Å²) in [7, 11) is 0. The van der Waals surface area contributed by atoms with Gasteiger partial charge in [-0.3, -0.25) is 4.79 Å². The molecule has 0 radical (unpaired) electrons. The van der Waals surface area contributed by atoms with Gasteiger partial charge in [-0.15, -0.1) is 0 Å². The van der Waals surface area contributed by atoms with E-state index in [2.05, 4.69) is 41.7 Å². The Kier molecular flexibility index (Phi) is 7.61. The van der Waals surface area contributed by atoms with E-state index in [4.69, 9.17) is 9.47 Å². The van der Waals surface area contributed by atoms with Crippen LogP contribution in [-0.2, 0) is 6.61 Å². The van der Waals surface area contributed by atoms with Crippen molar-refractivity contribution in [2.75, 3.05) is 6.61 Å². The van der Waals surface area contributed by atoms with Crippen LogP contribution in [0.1, 0.15) is 40.4 Å². The van der Waals surface area contributed by atoms with Gasteiger partial charge in [0, 0.05) is 5.56 Å². The van der Waals surface area contributed by atoms with Crippen molar-refractivity contribution in [1.29, 1.82) is 0 Å². The van der Waals surface area contributed by atoms with Gasteiger partial charge in [-0.1, -0.05) is 36.8 Å². The first-order chi connectivity index (χ1) is 14.6. The van der Waals surface area contributed by atoms with E-state index in [1.54, 1.807) is 30.5 Å². The molecule has 3 rings (SSSR count). The van der Waals surface area contributed by atoms with Gasteiger partial charge in [0.2, 0.25) is 0 Å². The molecule has 0 heterocycles. The van der Waals surface area contributed by atoms with Crippen molar-refractivity contribution in [2.45, 2.75) is 26.9 Å². The number of nitrogens with one attached hydrogen (secondary N) is 1. The summed E-state index contributed by atoms with van der Waals surface area (Å²) in [5, 5.41) is 4.02. The first kappa shape index (κ1) is 21.1. The third-order valence-electron chi connectivity index (χ3n) is 4.38. The van der Waals surface area contributed by atoms with Gasteiger partial charge in [0.05, 0.1) is 12.8 Å². The van der Waals surface area contributed by atoms with E-state index >= 15 is 0 Å². The average molecular weight is 402 g/mol. The van der Waals surface area contributed by atoms with Crippen LogP contribution in [0.25, 0.3) is 0 Å². The second-order valence-electron chi connectivity index (χ2n) is 6.92. The molecule has 30 heavy (non-hydrogen) atoms. The van der Waals surface area contributed by atoms with Gasteiger partial charge >= 0.3 is 0 Å². The number of rotatable bonds is 9. The first-order valence-electron chi connectivity index (χ1n) is 9.98. The molecule has 0 fully saturated rings. The summed E-state index contributed by atoms with van der Waals surface area (Å²) in [6, 6.07) is 22.8. The number of hydrazone groups is 1. The van der Waals surface area contributed by atoms with Crippen molar-refractivity contribution in [3.8, 4) is 11.5 Å². The van der Waals surface area contributed by atoms with Crippen LogP contribution in [-0.4, -0.2) is 18.7 Å². The van der Waals surface area contributed by atoms with E-state index in [-0.39, 0.29) is 5.91 Å². The molecule has 0 saturated heterocycles. The summed E-state index contributed by atoms with van der Waals surface area (Å²) in [6.45, 7) is 5.29. The predicted octanol–water partition coefficient (Wildman–Crippen LogP) is 5.13. The lowest BCUT2D eigenvalue weighted by molar-refractivity contribution is 0.0955. The van der Waals surface area contributed by atoms with Crippen molar-refractivity contribution in [3.05, 3.63) is 95.1 Å². The van der Waals surface area contributed by atoms with Gasteiger partial charge in [-0.2, -0.15) is 5.10 Å². The Morgan fingerprint density at radius 3 is 2.20 bits per heavy atom. The molecule has 0 unspecified atom stereocenters. The number of hydrogen-bond donors (Lipinski definition) is 1. The van der Waals surface area contributed by atoms with Crippen molar-refractivity contribution in [2.24, 2.45) is 5.10 Å². The Labute approximate surface area is 177 Å². The highest BCUT2D eigenvalue weighted by atomic mass is 16.5.